The molecule has 0 saturated carbocycles. The summed E-state index contributed by atoms with van der Waals surface area (Å²) in [5, 5.41) is -0.700. The summed E-state index contributed by atoms with van der Waals surface area (Å²) < 4.78 is 34.7. The van der Waals surface area contributed by atoms with E-state index in [1.165, 1.54) is 11.0 Å². The third-order valence-electron chi connectivity index (χ3n) is 2.98. The lowest BCUT2D eigenvalue weighted by molar-refractivity contribution is -0.117. The summed E-state index contributed by atoms with van der Waals surface area (Å²) in [6.45, 7) is 1.46. The van der Waals surface area contributed by atoms with Crippen molar-refractivity contribution < 1.29 is 17.1 Å². The second kappa shape index (κ2) is 4.92. The molecule has 0 spiro atoms. The number of anilines is 1. The standard InChI is InChI=1S/C11H10Cl2FNO3S/c1-6-2-7(12)3-9(13)11(6)15-5-8(4-10(15)16)19(14,17)18/h2-3,8H,4-5H2,1H3. The lowest BCUT2D eigenvalue weighted by Gasteiger charge is -2.20. The monoisotopic (exact) mass is 325 g/mol. The molecular weight excluding hydrogens is 316 g/mol. The van der Waals surface area contributed by atoms with E-state index in [1.54, 1.807) is 13.0 Å². The summed E-state index contributed by atoms with van der Waals surface area (Å²) in [5.41, 5.74) is 1.00. The molecule has 1 aliphatic rings. The zero-order chi connectivity index (χ0) is 14.4. The first-order valence-corrected chi connectivity index (χ1v) is 7.60. The minimum Gasteiger partial charge on any atom is -0.309 e. The van der Waals surface area contributed by atoms with Crippen molar-refractivity contribution in [2.75, 3.05) is 11.4 Å². The van der Waals surface area contributed by atoms with Crippen LogP contribution in [0.2, 0.25) is 10.0 Å². The fraction of sp³-hybridized carbons (Fsp3) is 0.364. The van der Waals surface area contributed by atoms with Gasteiger partial charge in [-0.2, -0.15) is 8.42 Å². The van der Waals surface area contributed by atoms with Crippen molar-refractivity contribution in [2.24, 2.45) is 0 Å². The largest absolute Gasteiger partial charge is 0.309 e. The maximum absolute atomic E-state index is 13.0. The predicted molar refractivity (Wildman–Crippen MR) is 72.0 cm³/mol. The van der Waals surface area contributed by atoms with E-state index in [-0.39, 0.29) is 18.0 Å². The number of nitrogens with zero attached hydrogens (tertiary/aromatic N) is 1. The number of amides is 1. The summed E-state index contributed by atoms with van der Waals surface area (Å²) in [4.78, 5) is 13.0. The normalized spacial score (nSPS) is 20.1. The number of aryl methyl sites for hydroxylation is 1. The Bertz CT molecular complexity index is 624. The molecule has 4 nitrogen and oxygen atoms in total. The molecule has 1 unspecified atom stereocenters. The molecule has 0 radical (unpaired) electrons. The van der Waals surface area contributed by atoms with E-state index in [0.29, 0.717) is 16.3 Å². The summed E-state index contributed by atoms with van der Waals surface area (Å²) in [6, 6.07) is 3.06. The second-order valence-corrected chi connectivity index (χ2v) is 6.82. The van der Waals surface area contributed by atoms with Crippen molar-refractivity contribution in [3.63, 3.8) is 0 Å². The van der Waals surface area contributed by atoms with Crippen LogP contribution >= 0.6 is 23.2 Å². The Morgan fingerprint density at radius 1 is 1.37 bits per heavy atom. The average molecular weight is 326 g/mol. The van der Waals surface area contributed by atoms with Crippen molar-refractivity contribution in [3.8, 4) is 0 Å². The summed E-state index contributed by atoms with van der Waals surface area (Å²) >= 11 is 11.8. The van der Waals surface area contributed by atoms with Gasteiger partial charge in [0.2, 0.25) is 5.91 Å². The predicted octanol–water partition coefficient (Wildman–Crippen LogP) is 2.71. The van der Waals surface area contributed by atoms with Crippen molar-refractivity contribution in [1.82, 2.24) is 0 Å². The number of halogens is 3. The van der Waals surface area contributed by atoms with Crippen molar-refractivity contribution >= 4 is 45.0 Å². The first kappa shape index (κ1) is 14.6. The average Bonchev–Trinajstić information content (AvgIpc) is 2.59. The van der Waals surface area contributed by atoms with Gasteiger partial charge in [-0.3, -0.25) is 4.79 Å². The molecule has 1 fully saturated rings. The van der Waals surface area contributed by atoms with Crippen LogP contribution in [-0.4, -0.2) is 26.1 Å². The third-order valence-corrected chi connectivity index (χ3v) is 4.59. The van der Waals surface area contributed by atoms with Crippen LogP contribution in [0.25, 0.3) is 0 Å². The molecule has 1 aromatic rings. The molecule has 1 amide bonds. The molecule has 1 aliphatic heterocycles. The molecule has 1 atom stereocenters. The molecular formula is C11H10Cl2FNO3S. The lowest BCUT2D eigenvalue weighted by atomic mass is 10.2. The molecule has 104 valence electrons. The van der Waals surface area contributed by atoms with Crippen molar-refractivity contribution in [1.29, 1.82) is 0 Å². The fourth-order valence-electron chi connectivity index (χ4n) is 2.12. The molecule has 1 aromatic carbocycles. The van der Waals surface area contributed by atoms with Crippen molar-refractivity contribution in [3.05, 3.63) is 27.7 Å². The molecule has 19 heavy (non-hydrogen) atoms. The van der Waals surface area contributed by atoms with Crippen LogP contribution < -0.4 is 4.90 Å². The van der Waals surface area contributed by atoms with E-state index < -0.39 is 21.4 Å². The number of hydrogen-bond acceptors (Lipinski definition) is 3. The van der Waals surface area contributed by atoms with Crippen LogP contribution in [0.1, 0.15) is 12.0 Å². The maximum atomic E-state index is 13.0. The van der Waals surface area contributed by atoms with Crippen LogP contribution in [0.4, 0.5) is 9.57 Å². The summed E-state index contributed by atoms with van der Waals surface area (Å²) in [6.07, 6.45) is -0.378. The Hall–Kier alpha value is -0.850. The number of benzene rings is 1. The van der Waals surface area contributed by atoms with Crippen LogP contribution in [0, 0.1) is 6.92 Å². The second-order valence-electron chi connectivity index (χ2n) is 4.36. The highest BCUT2D eigenvalue weighted by molar-refractivity contribution is 7.87. The summed E-state index contributed by atoms with van der Waals surface area (Å²) in [5.74, 6) is -0.474. The molecule has 2 rings (SSSR count). The van der Waals surface area contributed by atoms with E-state index in [0.717, 1.165) is 0 Å². The zero-order valence-corrected chi connectivity index (χ0v) is 12.2. The van der Waals surface area contributed by atoms with Gasteiger partial charge < -0.3 is 4.90 Å². The zero-order valence-electron chi connectivity index (χ0n) is 9.86. The highest BCUT2D eigenvalue weighted by atomic mass is 35.5. The minimum atomic E-state index is -4.74. The van der Waals surface area contributed by atoms with Gasteiger partial charge in [-0.1, -0.05) is 23.2 Å². The Labute approximate surface area is 120 Å². The molecule has 0 aromatic heterocycles. The van der Waals surface area contributed by atoms with E-state index in [1.807, 2.05) is 0 Å². The molecule has 0 N–H and O–H groups in total. The van der Waals surface area contributed by atoms with Gasteiger partial charge in [0, 0.05) is 18.0 Å². The smallest absolute Gasteiger partial charge is 0.307 e. The van der Waals surface area contributed by atoms with Gasteiger partial charge in [0.1, 0.15) is 5.25 Å². The van der Waals surface area contributed by atoms with E-state index >= 15 is 0 Å². The van der Waals surface area contributed by atoms with Gasteiger partial charge >= 0.3 is 10.2 Å². The highest BCUT2D eigenvalue weighted by Gasteiger charge is 2.40. The maximum Gasteiger partial charge on any atom is 0.307 e. The molecule has 8 heteroatoms. The van der Waals surface area contributed by atoms with Crippen molar-refractivity contribution in [2.45, 2.75) is 18.6 Å². The first-order chi connectivity index (χ1) is 8.70. The third kappa shape index (κ3) is 2.85. The Balaban J connectivity index is 2.42. The Morgan fingerprint density at radius 3 is 2.47 bits per heavy atom. The van der Waals surface area contributed by atoms with Crippen LogP contribution in [-0.2, 0) is 15.0 Å². The van der Waals surface area contributed by atoms with Gasteiger partial charge in [-0.05, 0) is 24.6 Å². The molecule has 1 saturated heterocycles. The Morgan fingerprint density at radius 2 is 2.00 bits per heavy atom. The van der Waals surface area contributed by atoms with E-state index in [4.69, 9.17) is 23.2 Å². The van der Waals surface area contributed by atoms with Gasteiger partial charge in [0.15, 0.2) is 0 Å². The van der Waals surface area contributed by atoms with Crippen LogP contribution in [0.15, 0.2) is 12.1 Å². The number of hydrogen-bond donors (Lipinski definition) is 0. The van der Waals surface area contributed by atoms with Gasteiger partial charge in [-0.15, -0.1) is 3.89 Å². The summed E-state index contributed by atoms with van der Waals surface area (Å²) in [7, 11) is -4.74. The SMILES string of the molecule is Cc1cc(Cl)cc(Cl)c1N1CC(S(=O)(=O)F)CC1=O. The van der Waals surface area contributed by atoms with E-state index in [9.17, 15) is 17.1 Å². The lowest BCUT2D eigenvalue weighted by Crippen LogP contribution is -2.27. The van der Waals surface area contributed by atoms with Gasteiger partial charge in [0.25, 0.3) is 0 Å². The Kier molecular flexibility index (Phi) is 3.77. The van der Waals surface area contributed by atoms with Crippen LogP contribution in [0.5, 0.6) is 0 Å². The topological polar surface area (TPSA) is 54.5 Å². The first-order valence-electron chi connectivity index (χ1n) is 5.39. The van der Waals surface area contributed by atoms with Gasteiger partial charge in [0.05, 0.1) is 10.7 Å². The number of rotatable bonds is 2. The highest BCUT2D eigenvalue weighted by Crippen LogP contribution is 2.36. The molecule has 1 heterocycles. The number of carbonyl (C=O) groups is 1. The number of carbonyl (C=O) groups excluding carboxylic acids is 1. The fourth-order valence-corrected chi connectivity index (χ4v) is 3.48. The minimum absolute atomic E-state index is 0.232. The molecule has 0 aliphatic carbocycles. The van der Waals surface area contributed by atoms with Gasteiger partial charge in [-0.25, -0.2) is 0 Å². The quantitative estimate of drug-likeness (QED) is 0.785. The van der Waals surface area contributed by atoms with E-state index in [2.05, 4.69) is 0 Å². The molecule has 0 bridgehead atoms. The van der Waals surface area contributed by atoms with Crippen LogP contribution in [0.3, 0.4) is 0 Å².